The van der Waals surface area contributed by atoms with Gasteiger partial charge in [0.1, 0.15) is 24.4 Å². The molecule has 3 atom stereocenters. The van der Waals surface area contributed by atoms with Crippen LogP contribution in [0.1, 0.15) is 44.0 Å². The van der Waals surface area contributed by atoms with Gasteiger partial charge in [0.15, 0.2) is 15.7 Å². The Morgan fingerprint density at radius 3 is 2.56 bits per heavy atom. The lowest BCUT2D eigenvalue weighted by Gasteiger charge is -2.45. The average molecular weight is 484 g/mol. The fourth-order valence-electron chi connectivity index (χ4n) is 4.90. The molecular weight excluding hydrogens is 460 g/mol. The van der Waals surface area contributed by atoms with Crippen LogP contribution in [0.2, 0.25) is 5.02 Å². The summed E-state index contributed by atoms with van der Waals surface area (Å²) in [4.78, 5) is 4.00. The monoisotopic (exact) mass is 483 g/mol. The van der Waals surface area contributed by atoms with Gasteiger partial charge in [-0.05, 0) is 80.5 Å². The molecule has 1 aromatic heterocycles. The molecule has 0 amide bonds. The van der Waals surface area contributed by atoms with Gasteiger partial charge in [-0.1, -0.05) is 11.6 Å². The molecule has 0 aliphatic heterocycles. The van der Waals surface area contributed by atoms with E-state index in [0.717, 1.165) is 18.2 Å². The number of hydrogen-bond acceptors (Lipinski definition) is 5. The van der Waals surface area contributed by atoms with Crippen LogP contribution in [0.4, 0.5) is 8.78 Å². The molecule has 6 nitrogen and oxygen atoms in total. The lowest BCUT2D eigenvalue weighted by atomic mass is 9.71. The molecule has 1 aromatic carbocycles. The highest BCUT2D eigenvalue weighted by Gasteiger charge is 2.54. The van der Waals surface area contributed by atoms with Crippen molar-refractivity contribution >= 4 is 21.4 Å². The average Bonchev–Trinajstić information content (AvgIpc) is 3.31. The maximum absolute atomic E-state index is 15.0. The summed E-state index contributed by atoms with van der Waals surface area (Å²) in [5.74, 6) is -1.43. The Bertz CT molecular complexity index is 1100. The molecule has 2 unspecified atom stereocenters. The summed E-state index contributed by atoms with van der Waals surface area (Å²) in [6.45, 7) is 0. The molecule has 4 rings (SSSR count). The van der Waals surface area contributed by atoms with E-state index >= 15 is 4.39 Å². The Hall–Kier alpha value is -2.10. The molecular formula is C22H24ClF2N3O3S. The highest BCUT2D eigenvalue weighted by Crippen LogP contribution is 2.50. The van der Waals surface area contributed by atoms with E-state index in [1.807, 2.05) is 0 Å². The lowest BCUT2D eigenvalue weighted by molar-refractivity contribution is 0.109. The molecule has 0 saturated heterocycles. The fraction of sp³-hybridized carbons (Fsp3) is 0.455. The van der Waals surface area contributed by atoms with Crippen LogP contribution in [-0.2, 0) is 9.84 Å². The summed E-state index contributed by atoms with van der Waals surface area (Å²) in [6.07, 6.45) is 3.61. The highest BCUT2D eigenvalue weighted by molar-refractivity contribution is 7.92. The number of benzene rings is 1. The van der Waals surface area contributed by atoms with Gasteiger partial charge >= 0.3 is 0 Å². The van der Waals surface area contributed by atoms with Crippen LogP contribution in [0, 0.1) is 11.8 Å². The number of aliphatic hydroxyl groups is 1. The van der Waals surface area contributed by atoms with E-state index < -0.39 is 38.6 Å². The number of nitrogens with one attached hydrogen (secondary N) is 1. The van der Waals surface area contributed by atoms with Crippen molar-refractivity contribution in [2.24, 2.45) is 11.8 Å². The number of nitrogens with zero attached hydrogens (tertiary/aromatic N) is 2. The van der Waals surface area contributed by atoms with Gasteiger partial charge in [-0.3, -0.25) is 5.10 Å². The van der Waals surface area contributed by atoms with Gasteiger partial charge in [-0.15, -0.1) is 0 Å². The van der Waals surface area contributed by atoms with E-state index in [2.05, 4.69) is 15.2 Å². The predicted octanol–water partition coefficient (Wildman–Crippen LogP) is 4.66. The standard InChI is InChI=1S/C22H24ClF2N3O3S/c23-15-1-4-17(5-2-15)32(30,31)22(18-12-16(24)3-6-19(18)25)9-7-14(8-10-22)11-20(29)21-26-13-27-28-21/h1-6,12-14,18-20,29H,7-11H2,(H,26,27,28)/t14?,18-,19?,20?,22?/m1/s1. The summed E-state index contributed by atoms with van der Waals surface area (Å²) in [7, 11) is -4.03. The van der Waals surface area contributed by atoms with Gasteiger partial charge < -0.3 is 5.11 Å². The molecule has 2 N–H and O–H groups in total. The summed E-state index contributed by atoms with van der Waals surface area (Å²) in [6, 6.07) is 5.77. The van der Waals surface area contributed by atoms with Crippen LogP contribution in [0.5, 0.6) is 0 Å². The van der Waals surface area contributed by atoms with Gasteiger partial charge in [0.2, 0.25) is 0 Å². The van der Waals surface area contributed by atoms with Gasteiger partial charge in [-0.2, -0.15) is 5.10 Å². The number of halogens is 3. The highest BCUT2D eigenvalue weighted by atomic mass is 35.5. The zero-order valence-corrected chi connectivity index (χ0v) is 18.7. The number of hydrogen-bond donors (Lipinski definition) is 2. The largest absolute Gasteiger partial charge is 0.385 e. The fourth-order valence-corrected chi connectivity index (χ4v) is 7.32. The van der Waals surface area contributed by atoms with Crippen LogP contribution in [0.3, 0.4) is 0 Å². The first-order valence-corrected chi connectivity index (χ1v) is 12.3. The Morgan fingerprint density at radius 1 is 1.25 bits per heavy atom. The molecule has 1 heterocycles. The molecule has 1 fully saturated rings. The van der Waals surface area contributed by atoms with Crippen molar-refractivity contribution in [2.75, 3.05) is 0 Å². The van der Waals surface area contributed by atoms with Crippen molar-refractivity contribution in [3.05, 3.63) is 65.5 Å². The van der Waals surface area contributed by atoms with E-state index in [9.17, 15) is 17.9 Å². The third-order valence-corrected chi connectivity index (χ3v) is 9.54. The zero-order chi connectivity index (χ0) is 22.9. The molecule has 2 aliphatic carbocycles. The van der Waals surface area contributed by atoms with Gasteiger partial charge in [0.25, 0.3) is 0 Å². The SMILES string of the molecule is O=S(=O)(c1ccc(Cl)cc1)C1([C@@H]2C=C(F)C=CC2F)CCC(CC(O)c2ncn[nH]2)CC1. The molecule has 0 bridgehead atoms. The third kappa shape index (κ3) is 4.25. The predicted molar refractivity (Wildman–Crippen MR) is 116 cm³/mol. The van der Waals surface area contributed by atoms with E-state index in [1.54, 1.807) is 0 Å². The van der Waals surface area contributed by atoms with Crippen molar-refractivity contribution in [1.82, 2.24) is 15.2 Å². The van der Waals surface area contributed by atoms with Crippen LogP contribution in [0.15, 0.2) is 59.5 Å². The summed E-state index contributed by atoms with van der Waals surface area (Å²) in [5, 5.41) is 17.1. The van der Waals surface area contributed by atoms with Crippen LogP contribution in [-0.4, -0.2) is 39.6 Å². The quantitative estimate of drug-likeness (QED) is 0.622. The van der Waals surface area contributed by atoms with E-state index in [4.69, 9.17) is 11.6 Å². The molecule has 172 valence electrons. The maximum atomic E-state index is 15.0. The first-order chi connectivity index (χ1) is 15.2. The molecule has 1 saturated carbocycles. The number of alkyl halides is 1. The first-order valence-electron chi connectivity index (χ1n) is 10.5. The zero-order valence-electron chi connectivity index (χ0n) is 17.2. The number of H-pyrrole nitrogens is 1. The van der Waals surface area contributed by atoms with Gasteiger partial charge in [0.05, 0.1) is 9.64 Å². The summed E-state index contributed by atoms with van der Waals surface area (Å²) < 4.78 is 55.3. The minimum atomic E-state index is -4.03. The minimum absolute atomic E-state index is 0.00895. The second-order valence-corrected chi connectivity index (χ2v) is 11.2. The van der Waals surface area contributed by atoms with Crippen LogP contribution >= 0.6 is 11.6 Å². The molecule has 2 aromatic rings. The Morgan fingerprint density at radius 2 is 1.94 bits per heavy atom. The molecule has 0 spiro atoms. The second-order valence-electron chi connectivity index (χ2n) is 8.47. The molecule has 0 radical (unpaired) electrons. The van der Waals surface area contributed by atoms with Crippen molar-refractivity contribution in [2.45, 2.75) is 54.0 Å². The summed E-state index contributed by atoms with van der Waals surface area (Å²) in [5.41, 5.74) is 0. The van der Waals surface area contributed by atoms with Crippen molar-refractivity contribution < 1.29 is 22.3 Å². The topological polar surface area (TPSA) is 95.9 Å². The van der Waals surface area contributed by atoms with Crippen LogP contribution < -0.4 is 0 Å². The Labute approximate surface area is 190 Å². The molecule has 10 heteroatoms. The van der Waals surface area contributed by atoms with Crippen LogP contribution in [0.25, 0.3) is 0 Å². The maximum Gasteiger partial charge on any atom is 0.184 e. The van der Waals surface area contributed by atoms with Crippen molar-refractivity contribution in [3.63, 3.8) is 0 Å². The lowest BCUT2D eigenvalue weighted by Crippen LogP contribution is -2.51. The number of aromatic nitrogens is 3. The number of allylic oxidation sites excluding steroid dienone is 4. The van der Waals surface area contributed by atoms with E-state index in [-0.39, 0.29) is 23.7 Å². The third-order valence-electron chi connectivity index (χ3n) is 6.65. The second kappa shape index (κ2) is 9.03. The number of aliphatic hydroxyl groups excluding tert-OH is 1. The van der Waals surface area contributed by atoms with Gasteiger partial charge in [-0.25, -0.2) is 22.2 Å². The smallest absolute Gasteiger partial charge is 0.184 e. The van der Waals surface area contributed by atoms with Crippen molar-refractivity contribution in [1.29, 1.82) is 0 Å². The summed E-state index contributed by atoms with van der Waals surface area (Å²) >= 11 is 5.92. The number of rotatable bonds is 6. The van der Waals surface area contributed by atoms with Crippen molar-refractivity contribution in [3.8, 4) is 0 Å². The Balaban J connectivity index is 1.64. The van der Waals surface area contributed by atoms with Gasteiger partial charge in [0, 0.05) is 10.9 Å². The Kier molecular flexibility index (Phi) is 6.51. The number of sulfone groups is 1. The van der Waals surface area contributed by atoms with E-state index in [0.29, 0.717) is 30.1 Å². The minimum Gasteiger partial charge on any atom is -0.385 e. The number of aromatic amines is 1. The van der Waals surface area contributed by atoms with E-state index in [1.165, 1.54) is 30.6 Å². The molecule has 2 aliphatic rings. The first kappa shape index (κ1) is 23.1. The molecule has 32 heavy (non-hydrogen) atoms. The normalized spacial score (nSPS) is 29.5.